The molecule has 94 valence electrons. The van der Waals surface area contributed by atoms with Crippen LogP contribution in [0.15, 0.2) is 30.5 Å². The van der Waals surface area contributed by atoms with Gasteiger partial charge < -0.3 is 5.32 Å². The van der Waals surface area contributed by atoms with E-state index in [1.165, 1.54) is 16.7 Å². The fraction of sp³-hybridized carbons (Fsp3) is 0.333. The zero-order valence-corrected chi connectivity index (χ0v) is 11.2. The number of anilines is 1. The van der Waals surface area contributed by atoms with E-state index in [1.807, 2.05) is 6.07 Å². The summed E-state index contributed by atoms with van der Waals surface area (Å²) in [5.41, 5.74) is 4.66. The highest BCUT2D eigenvalue weighted by atomic mass is 15.1. The van der Waals surface area contributed by atoms with Crippen molar-refractivity contribution in [3.63, 3.8) is 0 Å². The van der Waals surface area contributed by atoms with Crippen molar-refractivity contribution < 1.29 is 0 Å². The maximum atomic E-state index is 4.55. The molecule has 18 heavy (non-hydrogen) atoms. The highest BCUT2D eigenvalue weighted by Gasteiger charge is 2.05. The van der Waals surface area contributed by atoms with Crippen LogP contribution >= 0.6 is 0 Å². The summed E-state index contributed by atoms with van der Waals surface area (Å²) in [7, 11) is 0. The number of nitrogens with zero attached hydrogens (tertiary/aromatic N) is 2. The van der Waals surface area contributed by atoms with Crippen molar-refractivity contribution in [2.45, 2.75) is 27.2 Å². The summed E-state index contributed by atoms with van der Waals surface area (Å²) < 4.78 is 0. The van der Waals surface area contributed by atoms with Crippen molar-refractivity contribution in [3.8, 4) is 11.3 Å². The summed E-state index contributed by atoms with van der Waals surface area (Å²) in [5, 5.41) is 3.21. The van der Waals surface area contributed by atoms with Crippen LogP contribution in [0.25, 0.3) is 11.3 Å². The first-order chi connectivity index (χ1) is 8.70. The largest absolute Gasteiger partial charge is 0.354 e. The van der Waals surface area contributed by atoms with Crippen LogP contribution in [0.1, 0.15) is 24.5 Å². The Morgan fingerprint density at radius 3 is 2.72 bits per heavy atom. The average Bonchev–Trinajstić information content (AvgIpc) is 2.36. The number of nitrogens with one attached hydrogen (secondary N) is 1. The van der Waals surface area contributed by atoms with Crippen molar-refractivity contribution in [3.05, 3.63) is 41.6 Å². The van der Waals surface area contributed by atoms with Crippen LogP contribution in [0.3, 0.4) is 0 Å². The summed E-state index contributed by atoms with van der Waals surface area (Å²) in [5.74, 6) is 0.703. The molecular formula is C15H19N3. The third-order valence-electron chi connectivity index (χ3n) is 2.85. The highest BCUT2D eigenvalue weighted by Crippen LogP contribution is 2.22. The molecule has 0 unspecified atom stereocenters. The summed E-state index contributed by atoms with van der Waals surface area (Å²) in [6.45, 7) is 7.24. The second-order valence-corrected chi connectivity index (χ2v) is 4.51. The lowest BCUT2D eigenvalue weighted by atomic mass is 10.0. The van der Waals surface area contributed by atoms with Crippen LogP contribution in [0, 0.1) is 13.8 Å². The van der Waals surface area contributed by atoms with Gasteiger partial charge in [0.25, 0.3) is 0 Å². The van der Waals surface area contributed by atoms with E-state index in [2.05, 4.69) is 54.3 Å². The predicted molar refractivity (Wildman–Crippen MR) is 75.7 cm³/mol. The van der Waals surface area contributed by atoms with E-state index in [1.54, 1.807) is 6.20 Å². The lowest BCUT2D eigenvalue weighted by molar-refractivity contribution is 0.953. The smallest absolute Gasteiger partial charge is 0.223 e. The van der Waals surface area contributed by atoms with Crippen LogP contribution < -0.4 is 5.32 Å². The van der Waals surface area contributed by atoms with E-state index in [-0.39, 0.29) is 0 Å². The Kier molecular flexibility index (Phi) is 3.92. The molecule has 0 spiro atoms. The Morgan fingerprint density at radius 2 is 2.00 bits per heavy atom. The molecule has 0 bridgehead atoms. The number of aromatic nitrogens is 2. The molecule has 1 aromatic heterocycles. The van der Waals surface area contributed by atoms with Crippen LogP contribution in [0.4, 0.5) is 5.95 Å². The minimum atomic E-state index is 0.703. The molecular weight excluding hydrogens is 222 g/mol. The normalized spacial score (nSPS) is 10.4. The minimum Gasteiger partial charge on any atom is -0.354 e. The SMILES string of the molecule is CCCNc1nccc(-c2ccc(C)cc2C)n1. The first-order valence-corrected chi connectivity index (χ1v) is 6.35. The van der Waals surface area contributed by atoms with Gasteiger partial charge in [0.2, 0.25) is 5.95 Å². The number of hydrogen-bond donors (Lipinski definition) is 1. The van der Waals surface area contributed by atoms with Gasteiger partial charge in [-0.15, -0.1) is 0 Å². The topological polar surface area (TPSA) is 37.8 Å². The average molecular weight is 241 g/mol. The van der Waals surface area contributed by atoms with E-state index >= 15 is 0 Å². The fourth-order valence-electron chi connectivity index (χ4n) is 1.93. The Morgan fingerprint density at radius 1 is 1.17 bits per heavy atom. The highest BCUT2D eigenvalue weighted by molar-refractivity contribution is 5.64. The van der Waals surface area contributed by atoms with E-state index in [9.17, 15) is 0 Å². The maximum Gasteiger partial charge on any atom is 0.223 e. The quantitative estimate of drug-likeness (QED) is 0.889. The van der Waals surface area contributed by atoms with Gasteiger partial charge in [-0.25, -0.2) is 9.97 Å². The Balaban J connectivity index is 2.32. The number of aryl methyl sites for hydroxylation is 2. The maximum absolute atomic E-state index is 4.55. The molecule has 0 aliphatic rings. The lowest BCUT2D eigenvalue weighted by Crippen LogP contribution is -2.04. The summed E-state index contributed by atoms with van der Waals surface area (Å²) in [6, 6.07) is 8.37. The van der Waals surface area contributed by atoms with Crippen molar-refractivity contribution in [2.75, 3.05) is 11.9 Å². The molecule has 0 saturated carbocycles. The van der Waals surface area contributed by atoms with E-state index in [0.717, 1.165) is 18.7 Å². The first kappa shape index (κ1) is 12.6. The van der Waals surface area contributed by atoms with Gasteiger partial charge in [-0.05, 0) is 31.9 Å². The molecule has 1 heterocycles. The van der Waals surface area contributed by atoms with Gasteiger partial charge in [-0.3, -0.25) is 0 Å². The van der Waals surface area contributed by atoms with Crippen LogP contribution in [0.5, 0.6) is 0 Å². The fourth-order valence-corrected chi connectivity index (χ4v) is 1.93. The summed E-state index contributed by atoms with van der Waals surface area (Å²) in [6.07, 6.45) is 2.87. The molecule has 0 amide bonds. The molecule has 3 heteroatoms. The molecule has 0 saturated heterocycles. The molecule has 0 radical (unpaired) electrons. The van der Waals surface area contributed by atoms with E-state index < -0.39 is 0 Å². The van der Waals surface area contributed by atoms with Crippen LogP contribution in [0.2, 0.25) is 0 Å². The van der Waals surface area contributed by atoms with Crippen molar-refractivity contribution >= 4 is 5.95 Å². The van der Waals surface area contributed by atoms with Gasteiger partial charge in [-0.2, -0.15) is 0 Å². The monoisotopic (exact) mass is 241 g/mol. The standard InChI is InChI=1S/C15H19N3/c1-4-8-16-15-17-9-7-14(18-15)13-6-5-11(2)10-12(13)3/h5-7,9-10H,4,8H2,1-3H3,(H,16,17,18). The molecule has 2 rings (SSSR count). The van der Waals surface area contributed by atoms with Gasteiger partial charge in [0.1, 0.15) is 0 Å². The predicted octanol–water partition coefficient (Wildman–Crippen LogP) is 3.58. The first-order valence-electron chi connectivity index (χ1n) is 6.35. The van der Waals surface area contributed by atoms with Gasteiger partial charge in [0.15, 0.2) is 0 Å². The molecule has 0 fully saturated rings. The summed E-state index contributed by atoms with van der Waals surface area (Å²) in [4.78, 5) is 8.78. The van der Waals surface area contributed by atoms with Crippen LogP contribution in [-0.4, -0.2) is 16.5 Å². The third-order valence-corrected chi connectivity index (χ3v) is 2.85. The van der Waals surface area contributed by atoms with E-state index in [4.69, 9.17) is 0 Å². The number of rotatable bonds is 4. The zero-order valence-electron chi connectivity index (χ0n) is 11.2. The van der Waals surface area contributed by atoms with Crippen molar-refractivity contribution in [1.82, 2.24) is 9.97 Å². The van der Waals surface area contributed by atoms with Crippen molar-refractivity contribution in [2.24, 2.45) is 0 Å². The third kappa shape index (κ3) is 2.86. The number of hydrogen-bond acceptors (Lipinski definition) is 3. The minimum absolute atomic E-state index is 0.703. The Labute approximate surface area is 108 Å². The van der Waals surface area contributed by atoms with Gasteiger partial charge in [-0.1, -0.05) is 30.7 Å². The second-order valence-electron chi connectivity index (χ2n) is 4.51. The molecule has 1 aromatic carbocycles. The van der Waals surface area contributed by atoms with Gasteiger partial charge >= 0.3 is 0 Å². The Bertz CT molecular complexity index is 535. The second kappa shape index (κ2) is 5.63. The van der Waals surface area contributed by atoms with Crippen LogP contribution in [-0.2, 0) is 0 Å². The van der Waals surface area contributed by atoms with Gasteiger partial charge in [0, 0.05) is 18.3 Å². The molecule has 1 N–H and O–H groups in total. The zero-order chi connectivity index (χ0) is 13.0. The molecule has 0 atom stereocenters. The molecule has 2 aromatic rings. The van der Waals surface area contributed by atoms with Crippen molar-refractivity contribution in [1.29, 1.82) is 0 Å². The molecule has 0 aliphatic carbocycles. The van der Waals surface area contributed by atoms with Gasteiger partial charge in [0.05, 0.1) is 5.69 Å². The Hall–Kier alpha value is -1.90. The molecule has 3 nitrogen and oxygen atoms in total. The lowest BCUT2D eigenvalue weighted by Gasteiger charge is -2.08. The van der Waals surface area contributed by atoms with E-state index in [0.29, 0.717) is 5.95 Å². The number of benzene rings is 1. The summed E-state index contributed by atoms with van der Waals surface area (Å²) >= 11 is 0. The molecule has 0 aliphatic heterocycles.